The van der Waals surface area contributed by atoms with Crippen LogP contribution in [0.3, 0.4) is 0 Å². The van der Waals surface area contributed by atoms with Crippen LogP contribution in [0.4, 0.5) is 11.6 Å². The molecule has 0 aliphatic heterocycles. The summed E-state index contributed by atoms with van der Waals surface area (Å²) in [4.78, 5) is 95.4. The number of anilines is 2. The summed E-state index contributed by atoms with van der Waals surface area (Å²) in [6.07, 6.45) is 0. The minimum atomic E-state index is -1.40. The minimum absolute atomic E-state index is 0.0254. The van der Waals surface area contributed by atoms with Crippen molar-refractivity contribution in [2.75, 3.05) is 17.2 Å². The molecule has 0 bridgehead atoms. The minimum Gasteiger partial charge on any atom is -0.477 e. The number of hydrogen-bond donors (Lipinski definition) is 5. The molecule has 19 nitrogen and oxygen atoms in total. The molecule has 0 aliphatic rings. The lowest BCUT2D eigenvalue weighted by Crippen LogP contribution is -2.34. The third kappa shape index (κ3) is 12.4. The topological polar surface area (TPSA) is 263 Å². The predicted molar refractivity (Wildman–Crippen MR) is 287 cm³/mol. The highest BCUT2D eigenvalue weighted by Crippen LogP contribution is 2.31. The molecule has 0 spiro atoms. The Labute approximate surface area is 447 Å². The fourth-order valence-electron chi connectivity index (χ4n) is 7.15. The number of rotatable bonds is 17. The van der Waals surface area contributed by atoms with Gasteiger partial charge >= 0.3 is 11.9 Å². The zero-order chi connectivity index (χ0) is 53.8. The van der Waals surface area contributed by atoms with Crippen molar-refractivity contribution in [2.24, 2.45) is 10.8 Å². The Morgan fingerprint density at radius 3 is 1.78 bits per heavy atom. The Balaban J connectivity index is 0.000000216. The number of Topliss-reactive ketones (excluding diaryl/α,β-unsaturated/α-hetero) is 1. The maximum absolute atomic E-state index is 13.3. The second-order valence-electron chi connectivity index (χ2n) is 18.2. The van der Waals surface area contributed by atoms with Gasteiger partial charge in [-0.25, -0.2) is 14.6 Å². The van der Waals surface area contributed by atoms with Gasteiger partial charge in [0.2, 0.25) is 0 Å². The number of carbonyl (C=O) groups is 5. The van der Waals surface area contributed by atoms with E-state index in [9.17, 15) is 48.9 Å². The predicted octanol–water partition coefficient (Wildman–Crippen LogP) is 9.58. The van der Waals surface area contributed by atoms with Crippen LogP contribution in [-0.4, -0.2) is 85.1 Å². The van der Waals surface area contributed by atoms with E-state index in [1.165, 1.54) is 78.3 Å². The van der Waals surface area contributed by atoms with Crippen molar-refractivity contribution in [3.05, 3.63) is 149 Å². The summed E-state index contributed by atoms with van der Waals surface area (Å²) in [5, 5.41) is 49.4. The highest BCUT2D eigenvalue weighted by atomic mass is 35.5. The molecule has 8 aromatic rings. The van der Waals surface area contributed by atoms with E-state index < -0.39 is 52.0 Å². The molecule has 8 heterocycles. The van der Waals surface area contributed by atoms with Gasteiger partial charge in [-0.2, -0.15) is 30.9 Å². The van der Waals surface area contributed by atoms with Crippen LogP contribution in [0.15, 0.2) is 91.9 Å². The van der Waals surface area contributed by atoms with Crippen LogP contribution in [-0.2, 0) is 26.2 Å². The maximum atomic E-state index is 13.3. The summed E-state index contributed by atoms with van der Waals surface area (Å²) < 4.78 is 6.03. The second kappa shape index (κ2) is 22.7. The van der Waals surface area contributed by atoms with Crippen molar-refractivity contribution in [3.8, 4) is 22.8 Å². The smallest absolute Gasteiger partial charge is 0.341 e. The molecule has 0 atom stereocenters. The van der Waals surface area contributed by atoms with Crippen molar-refractivity contribution in [1.82, 2.24) is 33.7 Å². The normalized spacial score (nSPS) is 11.5. The van der Waals surface area contributed by atoms with E-state index in [1.54, 1.807) is 92.7 Å². The number of aromatic nitrogens is 7. The summed E-state index contributed by atoms with van der Waals surface area (Å²) in [6.45, 7) is 10.00. The van der Waals surface area contributed by atoms with E-state index >= 15 is 0 Å². The first-order valence-corrected chi connectivity index (χ1v) is 26.5. The molecule has 8 aromatic heterocycles. The van der Waals surface area contributed by atoms with E-state index in [2.05, 4.69) is 25.8 Å². The molecule has 0 aromatic carbocycles. The Morgan fingerprint density at radius 1 is 0.703 bits per heavy atom. The molecule has 0 unspecified atom stereocenters. The number of nitrogens with one attached hydrogen (secondary N) is 2. The van der Waals surface area contributed by atoms with Gasteiger partial charge in [0.15, 0.2) is 5.78 Å². The van der Waals surface area contributed by atoms with Crippen LogP contribution in [0.2, 0.25) is 8.67 Å². The van der Waals surface area contributed by atoms with E-state index in [1.807, 2.05) is 12.1 Å². The summed E-state index contributed by atoms with van der Waals surface area (Å²) in [6, 6.07) is 16.3. The van der Waals surface area contributed by atoms with E-state index in [4.69, 9.17) is 23.2 Å². The lowest BCUT2D eigenvalue weighted by atomic mass is 9.94. The van der Waals surface area contributed by atoms with Crippen LogP contribution in [0.5, 0.6) is 0 Å². The van der Waals surface area contributed by atoms with Gasteiger partial charge in [-0.3, -0.25) is 33.1 Å². The Kier molecular flexibility index (Phi) is 16.9. The fourth-order valence-corrected chi connectivity index (χ4v) is 10.4. The largest absolute Gasteiger partial charge is 0.477 e. The van der Waals surface area contributed by atoms with Crippen molar-refractivity contribution in [2.45, 2.75) is 67.7 Å². The molecule has 8 rings (SSSR count). The number of hydrogen-bond acceptors (Lipinski definition) is 17. The first-order chi connectivity index (χ1) is 35.0. The summed E-state index contributed by atoms with van der Waals surface area (Å²) >= 11 is 17.5. The highest BCUT2D eigenvalue weighted by molar-refractivity contribution is 7.16. The number of thiophene rings is 3. The van der Waals surface area contributed by atoms with Crippen LogP contribution in [0, 0.1) is 17.8 Å². The number of carboxylic acid groups (broad SMARTS) is 2. The van der Waals surface area contributed by atoms with Gasteiger partial charge in [0.1, 0.15) is 34.2 Å². The van der Waals surface area contributed by atoms with Crippen molar-refractivity contribution in [1.29, 1.82) is 0 Å². The van der Waals surface area contributed by atoms with E-state index in [0.29, 0.717) is 50.3 Å². The number of aryl methyl sites for hydroxylation is 1. The third-order valence-corrected chi connectivity index (χ3v) is 14.9. The molecule has 0 aliphatic carbocycles. The first kappa shape index (κ1) is 54.9. The molecule has 5 N–H and O–H groups in total. The molecular weight excluding hydrogens is 1070 g/mol. The number of pyridine rings is 2. The maximum Gasteiger partial charge on any atom is 0.341 e. The number of carboxylic acids is 2. The Morgan fingerprint density at radius 2 is 1.30 bits per heavy atom. The molecular formula is C49H47Cl2N9O10S4. The number of halogens is 2. The molecule has 0 amide bonds. The third-order valence-electron chi connectivity index (χ3n) is 11.2. The zero-order valence-electron chi connectivity index (χ0n) is 40.3. The second-order valence-corrected chi connectivity index (χ2v) is 23.3. The lowest BCUT2D eigenvalue weighted by molar-refractivity contribution is 0.0614. The Hall–Kier alpha value is -6.86. The van der Waals surface area contributed by atoms with Crippen LogP contribution in [0.1, 0.15) is 96.3 Å². The summed E-state index contributed by atoms with van der Waals surface area (Å²) in [5.41, 5.74) is -0.325. The number of aromatic carboxylic acids is 2. The van der Waals surface area contributed by atoms with Gasteiger partial charge < -0.3 is 26.0 Å². The molecule has 0 saturated carbocycles. The average molecular weight is 1120 g/mol. The molecule has 74 heavy (non-hydrogen) atoms. The van der Waals surface area contributed by atoms with Gasteiger partial charge in [0, 0.05) is 43.6 Å². The number of aliphatic hydroxyl groups excluding tert-OH is 1. The number of thiazole rings is 1. The average Bonchev–Trinajstić information content (AvgIpc) is 4.22. The fraction of sp³-hybridized carbons (Fsp3) is 0.265. The van der Waals surface area contributed by atoms with Crippen LogP contribution in [0.25, 0.3) is 22.8 Å². The van der Waals surface area contributed by atoms with Crippen molar-refractivity contribution >= 4 is 110 Å². The Bertz CT molecular complexity index is 3530. The molecule has 25 heteroatoms. The monoisotopic (exact) mass is 1120 g/mol. The number of nitrogens with zero attached hydrogens (tertiary/aromatic N) is 7. The van der Waals surface area contributed by atoms with Crippen molar-refractivity contribution < 1.29 is 39.3 Å². The van der Waals surface area contributed by atoms with E-state index in [0.717, 1.165) is 14.3 Å². The zero-order valence-corrected chi connectivity index (χ0v) is 45.1. The lowest BCUT2D eigenvalue weighted by Gasteiger charge is -2.20. The summed E-state index contributed by atoms with van der Waals surface area (Å²) in [7, 11) is 0. The van der Waals surface area contributed by atoms with Gasteiger partial charge in [-0.15, -0.1) is 34.0 Å². The first-order valence-electron chi connectivity index (χ1n) is 22.2. The van der Waals surface area contributed by atoms with Crippen molar-refractivity contribution in [3.63, 3.8) is 0 Å². The van der Waals surface area contributed by atoms with Crippen LogP contribution >= 0.6 is 68.5 Å². The number of ketones is 1. The van der Waals surface area contributed by atoms with Gasteiger partial charge in [0.05, 0.1) is 69.5 Å². The molecule has 0 radical (unpaired) electrons. The van der Waals surface area contributed by atoms with Gasteiger partial charge in [-0.05, 0) is 80.2 Å². The van der Waals surface area contributed by atoms with E-state index in [-0.39, 0.29) is 53.0 Å². The summed E-state index contributed by atoms with van der Waals surface area (Å²) in [5.74, 6) is -3.12. The molecule has 0 fully saturated rings. The standard InChI is InChI=1S/C25H23ClN4O5S2.C24H24ClN5O5S2/c1-25(2,3)24(35)30-21(27-11-15-4-7-20(26)37-15)10-17(28-30)18-6-5-16(23(33)34)22(32)29(18)12-19(31)14-8-9-36-13-14;1-13-6-17(29(9-14-10-36-12-27-14)21(32)20(13)22(33)34)16-7-19(26-8-15-4-5-18(25)37-15)30(28-16)23(35)24(2,3)11-31/h4-10,13,27H,11-12H2,1-3H3,(H,33,34);4-7,10,12,26,31H,8-9,11H2,1-3H3,(H,33,34). The number of aliphatic hydroxyl groups is 1. The quantitative estimate of drug-likeness (QED) is 0.0532. The SMILES string of the molecule is CC(C)(C)C(=O)n1nc(-c2ccc(C(=O)O)c(=O)n2CC(=O)c2ccsc2)cc1NCc1ccc(Cl)s1.Cc1cc(-c2cc(NCc3ccc(Cl)s3)n(C(=O)C(C)(C)CO)n2)n(Cc2cscn2)c(=O)c1C(=O)O. The van der Waals surface area contributed by atoms with Gasteiger partial charge in [-0.1, -0.05) is 44.0 Å². The molecule has 386 valence electrons. The van der Waals surface area contributed by atoms with Crippen LogP contribution < -0.4 is 21.8 Å². The molecule has 0 saturated heterocycles. The number of carbonyl (C=O) groups excluding carboxylic acids is 3. The van der Waals surface area contributed by atoms with Gasteiger partial charge in [0.25, 0.3) is 22.9 Å². The highest BCUT2D eigenvalue weighted by Gasteiger charge is 2.33.